The molecule has 0 aliphatic carbocycles. The molecule has 2 aromatic rings. The highest BCUT2D eigenvalue weighted by Gasteiger charge is 2.12. The Morgan fingerprint density at radius 2 is 2.04 bits per heavy atom. The number of benzene rings is 1. The van der Waals surface area contributed by atoms with Crippen LogP contribution in [-0.2, 0) is 9.53 Å². The molecule has 0 amide bonds. The molecule has 0 bridgehead atoms. The third-order valence-corrected chi connectivity index (χ3v) is 3.74. The smallest absolute Gasteiger partial charge is 0.387 e. The van der Waals surface area contributed by atoms with E-state index in [4.69, 9.17) is 14.3 Å². The molecule has 7 nitrogen and oxygen atoms in total. The lowest BCUT2D eigenvalue weighted by Gasteiger charge is -2.05. The summed E-state index contributed by atoms with van der Waals surface area (Å²) in [5.41, 5.74) is 0.576. The number of alkyl halides is 2. The van der Waals surface area contributed by atoms with Crippen LogP contribution in [0.3, 0.4) is 0 Å². The second-order valence-corrected chi connectivity index (χ2v) is 5.87. The van der Waals surface area contributed by atoms with Crippen molar-refractivity contribution in [1.29, 1.82) is 0 Å². The normalized spacial score (nSPS) is 12.2. The standard InChI is InChI=1S/C15H16F2N2O5S/c1-9(20)13(21)22-7-2-8-25-15-19-18-12(24-15)10-3-5-11(6-4-10)23-14(16)17/h3-6,9,14,20H,2,7-8H2,1H3/t9-/m0/s1. The van der Waals surface area contributed by atoms with Crippen molar-refractivity contribution in [1.82, 2.24) is 10.2 Å². The number of aliphatic hydroxyl groups excluding tert-OH is 1. The molecule has 0 unspecified atom stereocenters. The zero-order valence-corrected chi connectivity index (χ0v) is 14.0. The van der Waals surface area contributed by atoms with Gasteiger partial charge < -0.3 is 19.0 Å². The van der Waals surface area contributed by atoms with E-state index in [0.717, 1.165) is 0 Å². The van der Waals surface area contributed by atoms with Gasteiger partial charge >= 0.3 is 12.6 Å². The summed E-state index contributed by atoms with van der Waals surface area (Å²) in [5, 5.41) is 17.1. The van der Waals surface area contributed by atoms with Gasteiger partial charge in [0.05, 0.1) is 6.61 Å². The minimum absolute atomic E-state index is 0.0413. The maximum Gasteiger partial charge on any atom is 0.387 e. The molecular weight excluding hydrogens is 358 g/mol. The Kier molecular flexibility index (Phi) is 7.14. The highest BCUT2D eigenvalue weighted by molar-refractivity contribution is 7.99. The van der Waals surface area contributed by atoms with E-state index in [0.29, 0.717) is 23.0 Å². The molecule has 0 saturated heterocycles. The molecule has 0 radical (unpaired) electrons. The van der Waals surface area contributed by atoms with Crippen molar-refractivity contribution in [2.24, 2.45) is 0 Å². The lowest BCUT2D eigenvalue weighted by molar-refractivity contribution is -0.152. The summed E-state index contributed by atoms with van der Waals surface area (Å²) in [7, 11) is 0. The number of ether oxygens (including phenoxy) is 2. The lowest BCUT2D eigenvalue weighted by Crippen LogP contribution is -2.19. The largest absolute Gasteiger partial charge is 0.464 e. The van der Waals surface area contributed by atoms with Crippen molar-refractivity contribution in [3.63, 3.8) is 0 Å². The van der Waals surface area contributed by atoms with Crippen LogP contribution in [0, 0.1) is 0 Å². The van der Waals surface area contributed by atoms with E-state index in [2.05, 4.69) is 14.9 Å². The van der Waals surface area contributed by atoms with Crippen molar-refractivity contribution in [2.75, 3.05) is 12.4 Å². The molecule has 1 heterocycles. The van der Waals surface area contributed by atoms with Gasteiger partial charge in [-0.25, -0.2) is 4.79 Å². The van der Waals surface area contributed by atoms with Crippen LogP contribution in [0.1, 0.15) is 13.3 Å². The van der Waals surface area contributed by atoms with E-state index in [1.807, 2.05) is 0 Å². The Morgan fingerprint density at radius 3 is 2.68 bits per heavy atom. The molecule has 1 aromatic heterocycles. The van der Waals surface area contributed by atoms with Gasteiger partial charge in [-0.05, 0) is 37.6 Å². The summed E-state index contributed by atoms with van der Waals surface area (Å²) in [6.45, 7) is -1.36. The Morgan fingerprint density at radius 1 is 1.32 bits per heavy atom. The van der Waals surface area contributed by atoms with Gasteiger partial charge in [-0.1, -0.05) is 11.8 Å². The molecule has 0 fully saturated rings. The van der Waals surface area contributed by atoms with Crippen molar-refractivity contribution in [2.45, 2.75) is 31.3 Å². The Labute approximate surface area is 146 Å². The number of aromatic nitrogens is 2. The number of halogens is 2. The zero-order valence-electron chi connectivity index (χ0n) is 13.2. The fraction of sp³-hybridized carbons (Fsp3) is 0.400. The van der Waals surface area contributed by atoms with Crippen LogP contribution >= 0.6 is 11.8 Å². The van der Waals surface area contributed by atoms with Crippen LogP contribution < -0.4 is 4.74 Å². The number of aliphatic hydroxyl groups is 1. The Hall–Kier alpha value is -2.20. The molecule has 2 rings (SSSR count). The van der Waals surface area contributed by atoms with E-state index >= 15 is 0 Å². The minimum atomic E-state index is -2.88. The van der Waals surface area contributed by atoms with Gasteiger partial charge in [0.2, 0.25) is 5.89 Å². The molecule has 136 valence electrons. The quantitative estimate of drug-likeness (QED) is 0.407. The number of esters is 1. The second-order valence-electron chi connectivity index (χ2n) is 4.82. The minimum Gasteiger partial charge on any atom is -0.464 e. The number of hydrogen-bond acceptors (Lipinski definition) is 8. The molecule has 1 N–H and O–H groups in total. The number of nitrogens with zero attached hydrogens (tertiary/aromatic N) is 2. The van der Waals surface area contributed by atoms with Gasteiger partial charge in [0.25, 0.3) is 5.22 Å². The summed E-state index contributed by atoms with van der Waals surface area (Å²) >= 11 is 1.29. The maximum atomic E-state index is 12.1. The number of thioether (sulfide) groups is 1. The zero-order chi connectivity index (χ0) is 18.2. The van der Waals surface area contributed by atoms with Crippen molar-refractivity contribution >= 4 is 17.7 Å². The van der Waals surface area contributed by atoms with Gasteiger partial charge in [-0.3, -0.25) is 0 Å². The molecule has 0 spiro atoms. The van der Waals surface area contributed by atoms with Crippen LogP contribution in [-0.4, -0.2) is 46.3 Å². The van der Waals surface area contributed by atoms with Crippen LogP contribution in [0.2, 0.25) is 0 Å². The van der Waals surface area contributed by atoms with Gasteiger partial charge in [0.15, 0.2) is 0 Å². The number of rotatable bonds is 9. The van der Waals surface area contributed by atoms with E-state index in [9.17, 15) is 13.6 Å². The fourth-order valence-corrected chi connectivity index (χ4v) is 2.35. The van der Waals surface area contributed by atoms with Crippen molar-refractivity contribution in [3.05, 3.63) is 24.3 Å². The van der Waals surface area contributed by atoms with E-state index in [1.165, 1.54) is 43.0 Å². The van der Waals surface area contributed by atoms with Gasteiger partial charge in [-0.15, -0.1) is 10.2 Å². The van der Waals surface area contributed by atoms with Crippen LogP contribution in [0.5, 0.6) is 5.75 Å². The number of carbonyl (C=O) groups excluding carboxylic acids is 1. The Balaban J connectivity index is 1.79. The highest BCUT2D eigenvalue weighted by atomic mass is 32.2. The first kappa shape index (κ1) is 19.1. The summed E-state index contributed by atoms with van der Waals surface area (Å²) in [6, 6.07) is 5.84. The number of carbonyl (C=O) groups is 1. The highest BCUT2D eigenvalue weighted by Crippen LogP contribution is 2.25. The summed E-state index contributed by atoms with van der Waals surface area (Å²) in [6.07, 6.45) is -0.579. The average molecular weight is 374 g/mol. The third-order valence-electron chi connectivity index (χ3n) is 2.83. The second kappa shape index (κ2) is 9.33. The summed E-state index contributed by atoms with van der Waals surface area (Å²) in [4.78, 5) is 11.0. The van der Waals surface area contributed by atoms with Gasteiger partial charge in [0.1, 0.15) is 11.9 Å². The average Bonchev–Trinajstić information content (AvgIpc) is 3.03. The molecule has 0 saturated carbocycles. The molecule has 1 aromatic carbocycles. The predicted molar refractivity (Wildman–Crippen MR) is 84.3 cm³/mol. The van der Waals surface area contributed by atoms with Crippen molar-refractivity contribution in [3.8, 4) is 17.2 Å². The Bertz CT molecular complexity index is 679. The van der Waals surface area contributed by atoms with Crippen molar-refractivity contribution < 1.29 is 32.6 Å². The molecule has 0 aliphatic rings. The molecule has 1 atom stereocenters. The number of hydrogen-bond donors (Lipinski definition) is 1. The van der Waals surface area contributed by atoms with Crippen LogP contribution in [0.25, 0.3) is 11.5 Å². The van der Waals surface area contributed by atoms with E-state index < -0.39 is 18.7 Å². The van der Waals surface area contributed by atoms with Crippen LogP contribution in [0.15, 0.2) is 33.9 Å². The van der Waals surface area contributed by atoms with E-state index in [-0.39, 0.29) is 18.2 Å². The summed E-state index contributed by atoms with van der Waals surface area (Å²) < 4.78 is 38.7. The first-order chi connectivity index (χ1) is 12.0. The third kappa shape index (κ3) is 6.31. The molecular formula is C15H16F2N2O5S. The SMILES string of the molecule is C[C@H](O)C(=O)OCCCSc1nnc(-c2ccc(OC(F)F)cc2)o1. The molecule has 25 heavy (non-hydrogen) atoms. The maximum absolute atomic E-state index is 12.1. The van der Waals surface area contributed by atoms with Gasteiger partial charge in [0, 0.05) is 11.3 Å². The van der Waals surface area contributed by atoms with Gasteiger partial charge in [-0.2, -0.15) is 8.78 Å². The molecule has 0 aliphatic heterocycles. The predicted octanol–water partition coefficient (Wildman–Crippen LogP) is 2.74. The monoisotopic (exact) mass is 374 g/mol. The van der Waals surface area contributed by atoms with Crippen LogP contribution in [0.4, 0.5) is 8.78 Å². The lowest BCUT2D eigenvalue weighted by atomic mass is 10.2. The fourth-order valence-electron chi connectivity index (χ4n) is 1.68. The topological polar surface area (TPSA) is 94.7 Å². The molecule has 10 heteroatoms. The first-order valence-electron chi connectivity index (χ1n) is 7.32. The first-order valence-corrected chi connectivity index (χ1v) is 8.30. The van der Waals surface area contributed by atoms with E-state index in [1.54, 1.807) is 0 Å². The summed E-state index contributed by atoms with van der Waals surface area (Å²) in [5.74, 6) is 0.214.